The molecule has 3 unspecified atom stereocenters. The first kappa shape index (κ1) is 14.7. The van der Waals surface area contributed by atoms with Gasteiger partial charge in [0.05, 0.1) is 7.11 Å². The summed E-state index contributed by atoms with van der Waals surface area (Å²) in [5.74, 6) is 1.53. The van der Waals surface area contributed by atoms with Crippen LogP contribution in [-0.2, 0) is 0 Å². The van der Waals surface area contributed by atoms with Crippen LogP contribution in [0, 0.1) is 11.8 Å². The second-order valence-corrected chi connectivity index (χ2v) is 5.77. The first-order valence-electron chi connectivity index (χ1n) is 7.28. The van der Waals surface area contributed by atoms with Crippen LogP contribution < -0.4 is 15.8 Å². The van der Waals surface area contributed by atoms with E-state index in [2.05, 4.69) is 19.2 Å². The molecule has 1 aliphatic carbocycles. The molecule has 4 heteroatoms. The van der Waals surface area contributed by atoms with E-state index >= 15 is 0 Å². The Labute approximate surface area is 120 Å². The lowest BCUT2D eigenvalue weighted by atomic mass is 9.78. The van der Waals surface area contributed by atoms with Gasteiger partial charge in [-0.05, 0) is 30.4 Å². The molecular weight excluding hydrogens is 252 g/mol. The van der Waals surface area contributed by atoms with E-state index in [1.54, 1.807) is 25.3 Å². The summed E-state index contributed by atoms with van der Waals surface area (Å²) < 4.78 is 5.24. The van der Waals surface area contributed by atoms with Gasteiger partial charge >= 0.3 is 0 Å². The number of benzene rings is 1. The highest BCUT2D eigenvalue weighted by Crippen LogP contribution is 2.30. The Morgan fingerprint density at radius 2 is 2.10 bits per heavy atom. The van der Waals surface area contributed by atoms with Crippen molar-refractivity contribution in [1.82, 2.24) is 5.32 Å². The predicted molar refractivity (Wildman–Crippen MR) is 80.8 cm³/mol. The number of nitrogens with two attached hydrogens (primary N) is 1. The highest BCUT2D eigenvalue weighted by molar-refractivity contribution is 6.02. The Morgan fingerprint density at radius 1 is 1.35 bits per heavy atom. The Morgan fingerprint density at radius 3 is 2.80 bits per heavy atom. The SMILES string of the molecule is COc1cccc(N)c1C(=O)NC1CCCC(C)C1C. The summed E-state index contributed by atoms with van der Waals surface area (Å²) in [7, 11) is 1.55. The van der Waals surface area contributed by atoms with Gasteiger partial charge < -0.3 is 15.8 Å². The van der Waals surface area contributed by atoms with E-state index in [-0.39, 0.29) is 11.9 Å². The molecule has 4 nitrogen and oxygen atoms in total. The minimum absolute atomic E-state index is 0.133. The zero-order chi connectivity index (χ0) is 14.7. The number of anilines is 1. The van der Waals surface area contributed by atoms with Crippen molar-refractivity contribution in [2.75, 3.05) is 12.8 Å². The largest absolute Gasteiger partial charge is 0.496 e. The van der Waals surface area contributed by atoms with E-state index in [1.807, 2.05) is 0 Å². The average molecular weight is 276 g/mol. The van der Waals surface area contributed by atoms with Gasteiger partial charge in [0.25, 0.3) is 5.91 Å². The lowest BCUT2D eigenvalue weighted by molar-refractivity contribution is 0.0889. The number of nitrogen functional groups attached to an aromatic ring is 1. The van der Waals surface area contributed by atoms with Crippen LogP contribution in [0.2, 0.25) is 0 Å². The number of carbonyl (C=O) groups is 1. The van der Waals surface area contributed by atoms with Gasteiger partial charge in [0.1, 0.15) is 11.3 Å². The number of hydrogen-bond acceptors (Lipinski definition) is 3. The standard InChI is InChI=1S/C16H24N2O2/c1-10-6-4-8-13(11(10)2)18-16(19)15-12(17)7-5-9-14(15)20-3/h5,7,9-11,13H,4,6,8,17H2,1-3H3,(H,18,19). The number of rotatable bonds is 3. The van der Waals surface area contributed by atoms with E-state index in [1.165, 1.54) is 6.42 Å². The lowest BCUT2D eigenvalue weighted by Gasteiger charge is -2.34. The summed E-state index contributed by atoms with van der Waals surface area (Å²) in [4.78, 5) is 12.5. The molecule has 2 rings (SSSR count). The summed E-state index contributed by atoms with van der Waals surface area (Å²) in [6, 6.07) is 5.49. The fourth-order valence-corrected chi connectivity index (χ4v) is 2.99. The van der Waals surface area contributed by atoms with E-state index in [9.17, 15) is 4.79 Å². The molecule has 1 fully saturated rings. The molecule has 0 bridgehead atoms. The Kier molecular flexibility index (Phi) is 4.53. The highest BCUT2D eigenvalue weighted by atomic mass is 16.5. The topological polar surface area (TPSA) is 64.3 Å². The normalized spacial score (nSPS) is 26.1. The second-order valence-electron chi connectivity index (χ2n) is 5.77. The summed E-state index contributed by atoms with van der Waals surface area (Å²) in [6.45, 7) is 4.46. The molecule has 1 aromatic carbocycles. The maximum absolute atomic E-state index is 12.5. The molecule has 1 aromatic rings. The van der Waals surface area contributed by atoms with E-state index in [0.29, 0.717) is 28.8 Å². The molecule has 0 saturated heterocycles. The molecule has 0 radical (unpaired) electrons. The first-order valence-corrected chi connectivity index (χ1v) is 7.28. The Bertz CT molecular complexity index is 487. The first-order chi connectivity index (χ1) is 9.54. The van der Waals surface area contributed by atoms with Crippen LogP contribution in [0.25, 0.3) is 0 Å². The molecule has 1 aliphatic rings. The number of carbonyl (C=O) groups excluding carboxylic acids is 1. The van der Waals surface area contributed by atoms with Gasteiger partial charge in [-0.25, -0.2) is 0 Å². The van der Waals surface area contributed by atoms with E-state index in [4.69, 9.17) is 10.5 Å². The fourth-order valence-electron chi connectivity index (χ4n) is 2.99. The summed E-state index contributed by atoms with van der Waals surface area (Å²) in [5.41, 5.74) is 6.83. The molecule has 3 N–H and O–H groups in total. The van der Waals surface area contributed by atoms with Crippen molar-refractivity contribution in [2.45, 2.75) is 39.2 Å². The second kappa shape index (κ2) is 6.16. The van der Waals surface area contributed by atoms with Gasteiger partial charge in [-0.3, -0.25) is 4.79 Å². The number of nitrogens with one attached hydrogen (secondary N) is 1. The van der Waals surface area contributed by atoms with Crippen molar-refractivity contribution in [3.05, 3.63) is 23.8 Å². The molecule has 1 amide bonds. The van der Waals surface area contributed by atoms with Crippen LogP contribution in [0.4, 0.5) is 5.69 Å². The smallest absolute Gasteiger partial charge is 0.257 e. The minimum atomic E-state index is -0.133. The highest BCUT2D eigenvalue weighted by Gasteiger charge is 2.29. The van der Waals surface area contributed by atoms with Crippen LogP contribution >= 0.6 is 0 Å². The third kappa shape index (κ3) is 2.89. The quantitative estimate of drug-likeness (QED) is 0.834. The van der Waals surface area contributed by atoms with Crippen LogP contribution in [-0.4, -0.2) is 19.1 Å². The summed E-state index contributed by atoms with van der Waals surface area (Å²) >= 11 is 0. The maximum atomic E-state index is 12.5. The maximum Gasteiger partial charge on any atom is 0.257 e. The van der Waals surface area contributed by atoms with Crippen LogP contribution in [0.5, 0.6) is 5.75 Å². The van der Waals surface area contributed by atoms with Gasteiger partial charge in [-0.1, -0.05) is 32.8 Å². The van der Waals surface area contributed by atoms with E-state index in [0.717, 1.165) is 12.8 Å². The van der Waals surface area contributed by atoms with Crippen LogP contribution in [0.1, 0.15) is 43.5 Å². The summed E-state index contributed by atoms with van der Waals surface area (Å²) in [6.07, 6.45) is 3.44. The molecule has 0 heterocycles. The lowest BCUT2D eigenvalue weighted by Crippen LogP contribution is -2.43. The number of amides is 1. The van der Waals surface area contributed by atoms with E-state index < -0.39 is 0 Å². The van der Waals surface area contributed by atoms with Crippen molar-refractivity contribution in [2.24, 2.45) is 11.8 Å². The zero-order valence-electron chi connectivity index (χ0n) is 12.5. The zero-order valence-corrected chi connectivity index (χ0v) is 12.5. The Hall–Kier alpha value is -1.71. The molecule has 0 aliphatic heterocycles. The Balaban J connectivity index is 2.16. The van der Waals surface area contributed by atoms with Crippen molar-refractivity contribution in [1.29, 1.82) is 0 Å². The molecule has 110 valence electrons. The molecule has 1 saturated carbocycles. The minimum Gasteiger partial charge on any atom is -0.496 e. The van der Waals surface area contributed by atoms with Gasteiger partial charge in [0.15, 0.2) is 0 Å². The van der Waals surface area contributed by atoms with Gasteiger partial charge in [-0.15, -0.1) is 0 Å². The molecule has 20 heavy (non-hydrogen) atoms. The van der Waals surface area contributed by atoms with Crippen molar-refractivity contribution < 1.29 is 9.53 Å². The van der Waals surface area contributed by atoms with Crippen molar-refractivity contribution in [3.63, 3.8) is 0 Å². The number of ether oxygens (including phenoxy) is 1. The third-order valence-corrected chi connectivity index (χ3v) is 4.53. The third-order valence-electron chi connectivity index (χ3n) is 4.53. The van der Waals surface area contributed by atoms with Gasteiger partial charge in [0, 0.05) is 11.7 Å². The van der Waals surface area contributed by atoms with Crippen molar-refractivity contribution in [3.8, 4) is 5.75 Å². The summed E-state index contributed by atoms with van der Waals surface area (Å²) in [5, 5.41) is 3.13. The monoisotopic (exact) mass is 276 g/mol. The van der Waals surface area contributed by atoms with Gasteiger partial charge in [0.2, 0.25) is 0 Å². The molecular formula is C16H24N2O2. The predicted octanol–water partition coefficient (Wildman–Crippen LogP) is 2.83. The number of hydrogen-bond donors (Lipinski definition) is 2. The molecule has 0 spiro atoms. The fraction of sp³-hybridized carbons (Fsp3) is 0.562. The van der Waals surface area contributed by atoms with Gasteiger partial charge in [-0.2, -0.15) is 0 Å². The average Bonchev–Trinajstić information content (AvgIpc) is 2.43. The molecule has 3 atom stereocenters. The van der Waals surface area contributed by atoms with Crippen LogP contribution in [0.15, 0.2) is 18.2 Å². The number of methoxy groups -OCH3 is 1. The molecule has 0 aromatic heterocycles. The van der Waals surface area contributed by atoms with Crippen molar-refractivity contribution >= 4 is 11.6 Å². The van der Waals surface area contributed by atoms with Crippen LogP contribution in [0.3, 0.4) is 0 Å².